The van der Waals surface area contributed by atoms with E-state index in [9.17, 15) is 13.2 Å². The van der Waals surface area contributed by atoms with Crippen LogP contribution in [0.4, 0.5) is 5.69 Å². The molecule has 0 saturated heterocycles. The van der Waals surface area contributed by atoms with Crippen LogP contribution in [-0.4, -0.2) is 27.6 Å². The minimum Gasteiger partial charge on any atom is -0.455 e. The van der Waals surface area contributed by atoms with E-state index >= 15 is 0 Å². The first-order chi connectivity index (χ1) is 12.9. The summed E-state index contributed by atoms with van der Waals surface area (Å²) in [6.45, 7) is 0. The van der Waals surface area contributed by atoms with Crippen LogP contribution < -0.4 is 9.64 Å². The van der Waals surface area contributed by atoms with E-state index in [0.29, 0.717) is 17.2 Å². The van der Waals surface area contributed by atoms with Crippen molar-refractivity contribution in [3.8, 4) is 11.5 Å². The molecular weight excluding hydrogens is 362 g/mol. The average Bonchev–Trinajstić information content (AvgIpc) is 2.67. The van der Waals surface area contributed by atoms with E-state index in [-0.39, 0.29) is 16.4 Å². The van der Waals surface area contributed by atoms with Crippen LogP contribution in [0.5, 0.6) is 11.5 Å². The molecule has 0 atom stereocenters. The van der Waals surface area contributed by atoms with Gasteiger partial charge in [0.2, 0.25) is 0 Å². The number of sulfone groups is 1. The highest BCUT2D eigenvalue weighted by Crippen LogP contribution is 2.32. The Bertz CT molecular complexity index is 1060. The predicted molar refractivity (Wildman–Crippen MR) is 105 cm³/mol. The molecule has 0 heterocycles. The summed E-state index contributed by atoms with van der Waals surface area (Å²) in [5.74, 6) is 0.855. The van der Waals surface area contributed by atoms with Crippen LogP contribution >= 0.6 is 0 Å². The quantitative estimate of drug-likeness (QED) is 0.666. The molecule has 0 bridgehead atoms. The van der Waals surface area contributed by atoms with Crippen molar-refractivity contribution >= 4 is 21.4 Å². The maximum Gasteiger partial charge on any atom is 0.258 e. The van der Waals surface area contributed by atoms with Crippen molar-refractivity contribution in [1.82, 2.24) is 0 Å². The Hall–Kier alpha value is -3.12. The minimum absolute atomic E-state index is 0.107. The van der Waals surface area contributed by atoms with Crippen molar-refractivity contribution in [3.05, 3.63) is 84.4 Å². The lowest BCUT2D eigenvalue weighted by Crippen LogP contribution is -2.26. The van der Waals surface area contributed by atoms with Gasteiger partial charge < -0.3 is 9.64 Å². The Kier molecular flexibility index (Phi) is 5.28. The highest BCUT2D eigenvalue weighted by Gasteiger charge is 2.19. The maximum atomic E-state index is 12.9. The van der Waals surface area contributed by atoms with E-state index < -0.39 is 9.84 Å². The van der Waals surface area contributed by atoms with E-state index in [1.165, 1.54) is 17.0 Å². The van der Waals surface area contributed by atoms with Gasteiger partial charge in [0.05, 0.1) is 10.6 Å². The lowest BCUT2D eigenvalue weighted by atomic mass is 10.2. The number of carbonyl (C=O) groups excluding carboxylic acids is 1. The number of amides is 1. The molecule has 0 N–H and O–H groups in total. The molecule has 0 spiro atoms. The number of hydrogen-bond donors (Lipinski definition) is 0. The van der Waals surface area contributed by atoms with Crippen LogP contribution in [0.1, 0.15) is 10.4 Å². The summed E-state index contributed by atoms with van der Waals surface area (Å²) in [4.78, 5) is 14.5. The zero-order valence-corrected chi connectivity index (χ0v) is 15.8. The standard InChI is InChI=1S/C21H19NO4S/c1-22(21(23)16-9-8-12-18(15-16)27(2,24)25)19-13-6-7-14-20(19)26-17-10-4-3-5-11-17/h3-15H,1-2H3. The third-order valence-electron chi connectivity index (χ3n) is 4.01. The maximum absolute atomic E-state index is 12.9. The fourth-order valence-electron chi connectivity index (χ4n) is 2.60. The van der Waals surface area contributed by atoms with E-state index in [1.807, 2.05) is 42.5 Å². The van der Waals surface area contributed by atoms with Crippen molar-refractivity contribution in [2.75, 3.05) is 18.2 Å². The van der Waals surface area contributed by atoms with Crippen molar-refractivity contribution < 1.29 is 17.9 Å². The summed E-state index contributed by atoms with van der Waals surface area (Å²) in [6, 6.07) is 22.5. The minimum atomic E-state index is -3.39. The van der Waals surface area contributed by atoms with Gasteiger partial charge >= 0.3 is 0 Å². The molecule has 0 radical (unpaired) electrons. The summed E-state index contributed by atoms with van der Waals surface area (Å²) in [7, 11) is -1.77. The number of benzene rings is 3. The number of carbonyl (C=O) groups is 1. The number of nitrogens with zero attached hydrogens (tertiary/aromatic N) is 1. The summed E-state index contributed by atoms with van der Waals surface area (Å²) in [6.07, 6.45) is 1.11. The molecule has 1 amide bonds. The average molecular weight is 381 g/mol. The second-order valence-electron chi connectivity index (χ2n) is 6.05. The van der Waals surface area contributed by atoms with Gasteiger partial charge in [-0.1, -0.05) is 36.4 Å². The molecule has 0 aromatic heterocycles. The molecule has 0 aliphatic rings. The summed E-state index contributed by atoms with van der Waals surface area (Å²) in [5.41, 5.74) is 0.867. The molecule has 27 heavy (non-hydrogen) atoms. The number of para-hydroxylation sites is 3. The molecule has 0 aliphatic heterocycles. The van der Waals surface area contributed by atoms with Crippen molar-refractivity contribution in [2.24, 2.45) is 0 Å². The van der Waals surface area contributed by atoms with Crippen LogP contribution in [0, 0.1) is 0 Å². The molecule has 5 nitrogen and oxygen atoms in total. The van der Waals surface area contributed by atoms with Crippen molar-refractivity contribution in [3.63, 3.8) is 0 Å². The Morgan fingerprint density at radius 1 is 0.889 bits per heavy atom. The molecule has 0 unspecified atom stereocenters. The Labute approximate surface area is 158 Å². The Balaban J connectivity index is 1.92. The van der Waals surface area contributed by atoms with E-state index in [2.05, 4.69) is 0 Å². The third kappa shape index (κ3) is 4.35. The summed E-state index contributed by atoms with van der Waals surface area (Å²) < 4.78 is 29.4. The van der Waals surface area contributed by atoms with E-state index in [4.69, 9.17) is 4.74 Å². The summed E-state index contributed by atoms with van der Waals surface area (Å²) >= 11 is 0. The lowest BCUT2D eigenvalue weighted by Gasteiger charge is -2.21. The lowest BCUT2D eigenvalue weighted by molar-refractivity contribution is 0.0992. The van der Waals surface area contributed by atoms with Crippen LogP contribution in [0.25, 0.3) is 0 Å². The number of hydrogen-bond acceptors (Lipinski definition) is 4. The smallest absolute Gasteiger partial charge is 0.258 e. The van der Waals surface area contributed by atoms with E-state index in [1.54, 1.807) is 31.3 Å². The molecule has 0 saturated carbocycles. The number of ether oxygens (including phenoxy) is 1. The van der Waals surface area contributed by atoms with Gasteiger partial charge in [-0.05, 0) is 42.5 Å². The topological polar surface area (TPSA) is 63.7 Å². The third-order valence-corrected chi connectivity index (χ3v) is 5.12. The molecule has 0 fully saturated rings. The van der Waals surface area contributed by atoms with E-state index in [0.717, 1.165) is 6.26 Å². The highest BCUT2D eigenvalue weighted by atomic mass is 32.2. The molecule has 3 aromatic rings. The van der Waals surface area contributed by atoms with Crippen LogP contribution in [-0.2, 0) is 9.84 Å². The molecule has 138 valence electrons. The molecule has 6 heteroatoms. The normalized spacial score (nSPS) is 11.0. The van der Waals surface area contributed by atoms with Crippen LogP contribution in [0.3, 0.4) is 0 Å². The number of anilines is 1. The van der Waals surface area contributed by atoms with Gasteiger partial charge in [-0.15, -0.1) is 0 Å². The van der Waals surface area contributed by atoms with Gasteiger partial charge in [-0.25, -0.2) is 8.42 Å². The molecule has 3 rings (SSSR count). The van der Waals surface area contributed by atoms with Crippen LogP contribution in [0.15, 0.2) is 83.8 Å². The second kappa shape index (κ2) is 7.63. The van der Waals surface area contributed by atoms with Gasteiger partial charge in [0.1, 0.15) is 5.75 Å². The Morgan fingerprint density at radius 2 is 1.56 bits per heavy atom. The first-order valence-electron chi connectivity index (χ1n) is 8.26. The SMILES string of the molecule is CN(C(=O)c1cccc(S(C)(=O)=O)c1)c1ccccc1Oc1ccccc1. The molecular formula is C21H19NO4S. The first kappa shape index (κ1) is 18.7. The second-order valence-corrected chi connectivity index (χ2v) is 8.06. The van der Waals surface area contributed by atoms with Crippen molar-refractivity contribution in [2.45, 2.75) is 4.90 Å². The molecule has 3 aromatic carbocycles. The first-order valence-corrected chi connectivity index (χ1v) is 10.2. The van der Waals surface area contributed by atoms with Crippen molar-refractivity contribution in [1.29, 1.82) is 0 Å². The van der Waals surface area contributed by atoms with Gasteiger partial charge in [0.15, 0.2) is 15.6 Å². The predicted octanol–water partition coefficient (Wildman–Crippen LogP) is 4.16. The van der Waals surface area contributed by atoms with Crippen LogP contribution in [0.2, 0.25) is 0 Å². The monoisotopic (exact) mass is 381 g/mol. The van der Waals surface area contributed by atoms with Gasteiger partial charge in [-0.3, -0.25) is 4.79 Å². The largest absolute Gasteiger partial charge is 0.455 e. The van der Waals surface area contributed by atoms with Gasteiger partial charge in [0, 0.05) is 18.9 Å². The Morgan fingerprint density at radius 3 is 2.26 bits per heavy atom. The zero-order chi connectivity index (χ0) is 19.4. The highest BCUT2D eigenvalue weighted by molar-refractivity contribution is 7.90. The fourth-order valence-corrected chi connectivity index (χ4v) is 3.27. The summed E-state index contributed by atoms with van der Waals surface area (Å²) in [5, 5.41) is 0. The fraction of sp³-hybridized carbons (Fsp3) is 0.0952. The van der Waals surface area contributed by atoms with Gasteiger partial charge in [-0.2, -0.15) is 0 Å². The number of rotatable bonds is 5. The van der Waals surface area contributed by atoms with Gasteiger partial charge in [0.25, 0.3) is 5.91 Å². The zero-order valence-electron chi connectivity index (χ0n) is 15.0. The molecule has 0 aliphatic carbocycles.